The number of aromatic nitrogens is 3. The van der Waals surface area contributed by atoms with Crippen molar-refractivity contribution in [3.8, 4) is 0 Å². The molecule has 1 unspecified atom stereocenters. The van der Waals surface area contributed by atoms with Crippen molar-refractivity contribution in [1.82, 2.24) is 19.7 Å². The van der Waals surface area contributed by atoms with Crippen molar-refractivity contribution < 1.29 is 0 Å². The van der Waals surface area contributed by atoms with Gasteiger partial charge in [0.1, 0.15) is 12.2 Å². The number of hydrogen-bond donors (Lipinski definition) is 0. The molecule has 0 aromatic carbocycles. The molecule has 0 radical (unpaired) electrons. The second-order valence-corrected chi connectivity index (χ2v) is 4.72. The van der Waals surface area contributed by atoms with Crippen molar-refractivity contribution in [3.63, 3.8) is 0 Å². The van der Waals surface area contributed by atoms with Gasteiger partial charge in [0.2, 0.25) is 0 Å². The number of rotatable bonds is 3. The van der Waals surface area contributed by atoms with Crippen LogP contribution in [0.15, 0.2) is 6.33 Å². The lowest BCUT2D eigenvalue weighted by Gasteiger charge is -2.16. The van der Waals surface area contributed by atoms with E-state index in [4.69, 9.17) is 11.6 Å². The zero-order valence-corrected chi connectivity index (χ0v) is 9.40. The molecule has 82 valence electrons. The fourth-order valence-electron chi connectivity index (χ4n) is 2.43. The molecule has 1 aromatic heterocycles. The minimum Gasteiger partial charge on any atom is -0.312 e. The van der Waals surface area contributed by atoms with Gasteiger partial charge in [-0.25, -0.2) is 0 Å². The number of nitrogens with zero attached hydrogens (tertiary/aromatic N) is 4. The predicted molar refractivity (Wildman–Crippen MR) is 57.8 cm³/mol. The molecule has 1 saturated heterocycles. The maximum atomic E-state index is 5.83. The van der Waals surface area contributed by atoms with Crippen molar-refractivity contribution >= 4 is 11.6 Å². The molecule has 4 nitrogen and oxygen atoms in total. The van der Waals surface area contributed by atoms with Crippen LogP contribution in [0.4, 0.5) is 0 Å². The highest BCUT2D eigenvalue weighted by Crippen LogP contribution is 2.33. The van der Waals surface area contributed by atoms with Crippen LogP contribution < -0.4 is 0 Å². The Kier molecular flexibility index (Phi) is 2.41. The van der Waals surface area contributed by atoms with Crippen molar-refractivity contribution in [2.24, 2.45) is 0 Å². The van der Waals surface area contributed by atoms with Crippen LogP contribution in [0.1, 0.15) is 31.1 Å². The van der Waals surface area contributed by atoms with Crippen molar-refractivity contribution in [3.05, 3.63) is 12.2 Å². The predicted octanol–water partition coefficient (Wildman–Crippen LogP) is 1.43. The third kappa shape index (κ3) is 1.76. The van der Waals surface area contributed by atoms with Gasteiger partial charge in [0, 0.05) is 19.1 Å². The van der Waals surface area contributed by atoms with E-state index in [2.05, 4.69) is 19.7 Å². The van der Waals surface area contributed by atoms with E-state index in [1.54, 1.807) is 0 Å². The van der Waals surface area contributed by atoms with Gasteiger partial charge in [0.05, 0.1) is 11.9 Å². The molecular weight excluding hydrogens is 212 g/mol. The lowest BCUT2D eigenvalue weighted by Crippen LogP contribution is -2.24. The molecule has 0 N–H and O–H groups in total. The lowest BCUT2D eigenvalue weighted by atomic mass is 10.2. The van der Waals surface area contributed by atoms with E-state index in [0.717, 1.165) is 18.4 Å². The molecule has 5 heteroatoms. The Balaban J connectivity index is 1.72. The van der Waals surface area contributed by atoms with Gasteiger partial charge < -0.3 is 4.57 Å². The highest BCUT2D eigenvalue weighted by molar-refractivity contribution is 6.16. The van der Waals surface area contributed by atoms with Gasteiger partial charge in [-0.1, -0.05) is 0 Å². The summed E-state index contributed by atoms with van der Waals surface area (Å²) in [6, 6.07) is 1.40. The summed E-state index contributed by atoms with van der Waals surface area (Å²) in [6.45, 7) is 2.36. The molecule has 0 amide bonds. The Morgan fingerprint density at radius 2 is 2.20 bits per heavy atom. The highest BCUT2D eigenvalue weighted by Gasteiger charge is 2.35. The first-order valence-electron chi connectivity index (χ1n) is 5.57. The van der Waals surface area contributed by atoms with Crippen LogP contribution in [-0.4, -0.2) is 38.8 Å². The monoisotopic (exact) mass is 226 g/mol. The third-order valence-corrected chi connectivity index (χ3v) is 3.66. The summed E-state index contributed by atoms with van der Waals surface area (Å²) >= 11 is 5.83. The molecular formula is C10H15ClN4. The number of likely N-dealkylation sites (tertiary alicyclic amines) is 1. The van der Waals surface area contributed by atoms with Crippen LogP contribution in [0.5, 0.6) is 0 Å². The van der Waals surface area contributed by atoms with Crippen LogP contribution in [0, 0.1) is 0 Å². The van der Waals surface area contributed by atoms with Gasteiger partial charge in [0.15, 0.2) is 0 Å². The smallest absolute Gasteiger partial charge is 0.148 e. The summed E-state index contributed by atoms with van der Waals surface area (Å²) in [4.78, 5) is 2.59. The topological polar surface area (TPSA) is 34.0 Å². The highest BCUT2D eigenvalue weighted by atomic mass is 35.5. The van der Waals surface area contributed by atoms with Crippen LogP contribution in [-0.2, 0) is 5.88 Å². The van der Waals surface area contributed by atoms with Crippen LogP contribution in [0.25, 0.3) is 0 Å². The first-order valence-corrected chi connectivity index (χ1v) is 6.10. The maximum Gasteiger partial charge on any atom is 0.148 e. The van der Waals surface area contributed by atoms with E-state index in [1.807, 2.05) is 6.33 Å². The summed E-state index contributed by atoms with van der Waals surface area (Å²) < 4.78 is 2.15. The first kappa shape index (κ1) is 9.60. The molecule has 1 atom stereocenters. The molecule has 1 aliphatic carbocycles. The molecule has 15 heavy (non-hydrogen) atoms. The summed E-state index contributed by atoms with van der Waals surface area (Å²) in [7, 11) is 0. The Hall–Kier alpha value is -0.610. The van der Waals surface area contributed by atoms with Gasteiger partial charge in [-0.05, 0) is 19.3 Å². The Labute approximate surface area is 94.2 Å². The molecule has 3 rings (SSSR count). The molecule has 0 bridgehead atoms. The Morgan fingerprint density at radius 1 is 1.33 bits per heavy atom. The van der Waals surface area contributed by atoms with E-state index in [1.165, 1.54) is 25.8 Å². The van der Waals surface area contributed by atoms with E-state index in [-0.39, 0.29) is 0 Å². The maximum absolute atomic E-state index is 5.83. The van der Waals surface area contributed by atoms with E-state index in [0.29, 0.717) is 11.9 Å². The van der Waals surface area contributed by atoms with Gasteiger partial charge in [-0.3, -0.25) is 4.90 Å². The fourth-order valence-corrected chi connectivity index (χ4v) is 2.63. The lowest BCUT2D eigenvalue weighted by molar-refractivity contribution is 0.313. The summed E-state index contributed by atoms with van der Waals surface area (Å²) in [5, 5.41) is 7.96. The quantitative estimate of drug-likeness (QED) is 0.732. The number of alkyl halides is 1. The average molecular weight is 227 g/mol. The minimum atomic E-state index is 0.458. The van der Waals surface area contributed by atoms with Gasteiger partial charge in [-0.15, -0.1) is 21.8 Å². The second-order valence-electron chi connectivity index (χ2n) is 4.46. The summed E-state index contributed by atoms with van der Waals surface area (Å²) in [5.41, 5.74) is 0. The minimum absolute atomic E-state index is 0.458. The van der Waals surface area contributed by atoms with Crippen LogP contribution in [0.3, 0.4) is 0 Å². The number of halogens is 1. The molecule has 0 spiro atoms. The average Bonchev–Trinajstić information content (AvgIpc) is 2.83. The zero-order valence-electron chi connectivity index (χ0n) is 8.64. The van der Waals surface area contributed by atoms with Gasteiger partial charge in [0.25, 0.3) is 0 Å². The normalized spacial score (nSPS) is 27.4. The first-order chi connectivity index (χ1) is 7.38. The fraction of sp³-hybridized carbons (Fsp3) is 0.800. The van der Waals surface area contributed by atoms with E-state index >= 15 is 0 Å². The second kappa shape index (κ2) is 3.76. The Bertz CT molecular complexity index is 347. The van der Waals surface area contributed by atoms with Gasteiger partial charge >= 0.3 is 0 Å². The molecule has 2 aliphatic rings. The molecule has 2 heterocycles. The summed E-state index contributed by atoms with van der Waals surface area (Å²) in [5.74, 6) is 1.36. The van der Waals surface area contributed by atoms with E-state index in [9.17, 15) is 0 Å². The molecule has 2 fully saturated rings. The van der Waals surface area contributed by atoms with E-state index < -0.39 is 0 Å². The number of hydrogen-bond acceptors (Lipinski definition) is 3. The molecule has 1 aliphatic heterocycles. The van der Waals surface area contributed by atoms with Gasteiger partial charge in [-0.2, -0.15) is 0 Å². The Morgan fingerprint density at radius 3 is 2.93 bits per heavy atom. The SMILES string of the molecule is ClCc1nncn1C1CCN(C2CC2)C1. The zero-order chi connectivity index (χ0) is 10.3. The third-order valence-electron chi connectivity index (χ3n) is 3.42. The van der Waals surface area contributed by atoms with Crippen molar-refractivity contribution in [2.45, 2.75) is 37.2 Å². The van der Waals surface area contributed by atoms with Crippen molar-refractivity contribution in [2.75, 3.05) is 13.1 Å². The van der Waals surface area contributed by atoms with Crippen LogP contribution >= 0.6 is 11.6 Å². The van der Waals surface area contributed by atoms with Crippen molar-refractivity contribution in [1.29, 1.82) is 0 Å². The largest absolute Gasteiger partial charge is 0.312 e. The molecule has 1 aromatic rings. The summed E-state index contributed by atoms with van der Waals surface area (Å²) in [6.07, 6.45) is 5.80. The molecule has 1 saturated carbocycles. The van der Waals surface area contributed by atoms with Crippen LogP contribution in [0.2, 0.25) is 0 Å². The standard InChI is InChI=1S/C10H15ClN4/c11-5-10-13-12-7-15(10)9-3-4-14(6-9)8-1-2-8/h7-9H,1-6H2.